The van der Waals surface area contributed by atoms with Crippen LogP contribution in [0.4, 0.5) is 17.6 Å². The number of nitrogens with one attached hydrogen (secondary N) is 1. The van der Waals surface area contributed by atoms with E-state index >= 15 is 0 Å². The van der Waals surface area contributed by atoms with Crippen LogP contribution in [0.1, 0.15) is 17.0 Å². The third-order valence-electron chi connectivity index (χ3n) is 3.23. The Morgan fingerprint density at radius 3 is 2.39 bits per heavy atom. The highest BCUT2D eigenvalue weighted by Crippen LogP contribution is 2.34. The largest absolute Gasteiger partial charge is 0.673 e. The number of benzene rings is 1. The van der Waals surface area contributed by atoms with Gasteiger partial charge in [-0.15, -0.1) is 6.04 Å². The molecular formula is C12H13F4N2-. The number of halogens is 4. The Morgan fingerprint density at radius 2 is 1.94 bits per heavy atom. The van der Waals surface area contributed by atoms with Gasteiger partial charge in [-0.2, -0.15) is 13.2 Å². The van der Waals surface area contributed by atoms with E-state index in [1.165, 1.54) is 6.07 Å². The molecule has 0 radical (unpaired) electrons. The van der Waals surface area contributed by atoms with Crippen LogP contribution < -0.4 is 0 Å². The molecule has 0 aromatic heterocycles. The zero-order valence-electron chi connectivity index (χ0n) is 9.76. The van der Waals surface area contributed by atoms with Crippen LogP contribution in [-0.2, 0) is 6.18 Å². The topological polar surface area (TPSA) is 27.0 Å². The smallest absolute Gasteiger partial charge is 0.419 e. The highest BCUT2D eigenvalue weighted by molar-refractivity contribution is 5.31. The van der Waals surface area contributed by atoms with Crippen LogP contribution in [-0.4, -0.2) is 31.1 Å². The maximum Gasteiger partial charge on any atom is 0.419 e. The fraction of sp³-hybridized carbons (Fsp3) is 0.500. The first-order valence-corrected chi connectivity index (χ1v) is 5.55. The minimum absolute atomic E-state index is 0.230. The van der Waals surface area contributed by atoms with Crippen LogP contribution in [0.25, 0.3) is 5.73 Å². The van der Waals surface area contributed by atoms with Gasteiger partial charge in [0.15, 0.2) is 0 Å². The number of rotatable bonds is 1. The third-order valence-corrected chi connectivity index (χ3v) is 3.23. The van der Waals surface area contributed by atoms with Crippen molar-refractivity contribution in [3.05, 3.63) is 40.9 Å². The van der Waals surface area contributed by atoms with Crippen molar-refractivity contribution in [2.24, 2.45) is 0 Å². The lowest BCUT2D eigenvalue weighted by Gasteiger charge is -2.22. The zero-order valence-corrected chi connectivity index (χ0v) is 9.76. The quantitative estimate of drug-likeness (QED) is 0.712. The van der Waals surface area contributed by atoms with Gasteiger partial charge < -0.3 is 10.6 Å². The van der Waals surface area contributed by atoms with Crippen molar-refractivity contribution in [3.63, 3.8) is 0 Å². The van der Waals surface area contributed by atoms with Crippen LogP contribution in [0.15, 0.2) is 18.2 Å². The lowest BCUT2D eigenvalue weighted by atomic mass is 9.94. The van der Waals surface area contributed by atoms with Crippen molar-refractivity contribution in [1.29, 1.82) is 0 Å². The summed E-state index contributed by atoms with van der Waals surface area (Å²) in [6.07, 6.45) is -4.67. The summed E-state index contributed by atoms with van der Waals surface area (Å²) < 4.78 is 50.7. The molecule has 2 nitrogen and oxygen atoms in total. The molecule has 2 atom stereocenters. The van der Waals surface area contributed by atoms with E-state index in [4.69, 9.17) is 5.73 Å². The second-order valence-electron chi connectivity index (χ2n) is 4.67. The van der Waals surface area contributed by atoms with Crippen molar-refractivity contribution in [1.82, 2.24) is 4.90 Å². The second kappa shape index (κ2) is 4.51. The van der Waals surface area contributed by atoms with Crippen LogP contribution in [0.3, 0.4) is 0 Å². The van der Waals surface area contributed by atoms with E-state index in [9.17, 15) is 17.6 Å². The highest BCUT2D eigenvalue weighted by Gasteiger charge is 2.34. The highest BCUT2D eigenvalue weighted by atomic mass is 19.4. The average molecular weight is 261 g/mol. The molecule has 0 unspecified atom stereocenters. The van der Waals surface area contributed by atoms with E-state index in [1.54, 1.807) is 0 Å². The number of alkyl halides is 3. The normalized spacial score (nSPS) is 25.7. The summed E-state index contributed by atoms with van der Waals surface area (Å²) in [4.78, 5) is 1.91. The first kappa shape index (κ1) is 13.3. The van der Waals surface area contributed by atoms with Gasteiger partial charge in [-0.25, -0.2) is 4.39 Å². The summed E-state index contributed by atoms with van der Waals surface area (Å²) in [6.45, 7) is 1.12. The van der Waals surface area contributed by atoms with Crippen LogP contribution in [0.5, 0.6) is 0 Å². The summed E-state index contributed by atoms with van der Waals surface area (Å²) >= 11 is 0. The van der Waals surface area contributed by atoms with Crippen molar-refractivity contribution in [2.45, 2.75) is 18.1 Å². The third kappa shape index (κ3) is 2.49. The predicted molar refractivity (Wildman–Crippen MR) is 59.7 cm³/mol. The van der Waals surface area contributed by atoms with E-state index in [1.807, 2.05) is 11.9 Å². The molecule has 1 heterocycles. The summed E-state index contributed by atoms with van der Waals surface area (Å²) in [5.74, 6) is -1.49. The van der Waals surface area contributed by atoms with Crippen molar-refractivity contribution in [2.75, 3.05) is 20.1 Å². The Labute approximate surface area is 102 Å². The van der Waals surface area contributed by atoms with E-state index in [0.29, 0.717) is 18.7 Å². The number of likely N-dealkylation sites (N-methyl/N-ethyl adjacent to an activating group) is 1. The molecule has 0 saturated carbocycles. The predicted octanol–water partition coefficient (Wildman–Crippen LogP) is 3.29. The molecule has 1 aromatic carbocycles. The summed E-state index contributed by atoms with van der Waals surface area (Å²) in [6, 6.07) is 2.52. The molecule has 1 fully saturated rings. The van der Waals surface area contributed by atoms with Gasteiger partial charge in [-0.1, -0.05) is 6.07 Å². The molecule has 1 saturated heterocycles. The number of hydrogen-bond donors (Lipinski definition) is 0. The standard InChI is InChI=1S/C12H13F4N2/c1-18-5-8(11(17)6-18)7-2-3-9(10(13)4-7)12(14,15)16/h2-4,8,11,17H,5-6H2,1H3/q-1/t8-,11+/m0/s1. The Balaban J connectivity index is 2.30. The van der Waals surface area contributed by atoms with E-state index < -0.39 is 23.6 Å². The number of nitrogens with zero attached hydrogens (tertiary/aromatic N) is 1. The summed E-state index contributed by atoms with van der Waals surface area (Å²) in [7, 11) is 1.84. The van der Waals surface area contributed by atoms with Crippen molar-refractivity contribution in [3.8, 4) is 0 Å². The van der Waals surface area contributed by atoms with Gasteiger partial charge in [0.2, 0.25) is 0 Å². The summed E-state index contributed by atoms with van der Waals surface area (Å²) in [5.41, 5.74) is 7.03. The molecule has 2 rings (SSSR count). The Hall–Kier alpha value is -1.14. The molecule has 1 aliphatic heterocycles. The molecule has 18 heavy (non-hydrogen) atoms. The van der Waals surface area contributed by atoms with Gasteiger partial charge in [0.05, 0.1) is 5.56 Å². The maximum absolute atomic E-state index is 13.4. The minimum atomic E-state index is -4.67. The van der Waals surface area contributed by atoms with Gasteiger partial charge in [0.25, 0.3) is 0 Å². The summed E-state index contributed by atoms with van der Waals surface area (Å²) in [5, 5.41) is 0. The maximum atomic E-state index is 13.4. The number of likely N-dealkylation sites (tertiary alicyclic amines) is 1. The van der Waals surface area contributed by atoms with Crippen molar-refractivity contribution >= 4 is 0 Å². The molecule has 0 aliphatic carbocycles. The first-order valence-electron chi connectivity index (χ1n) is 5.55. The Morgan fingerprint density at radius 1 is 1.28 bits per heavy atom. The molecule has 0 spiro atoms. The zero-order chi connectivity index (χ0) is 13.5. The fourth-order valence-electron chi connectivity index (χ4n) is 2.33. The molecule has 6 heteroatoms. The number of hydrogen-bond acceptors (Lipinski definition) is 1. The van der Waals surface area contributed by atoms with Crippen LogP contribution in [0.2, 0.25) is 0 Å². The molecule has 1 N–H and O–H groups in total. The van der Waals surface area contributed by atoms with Gasteiger partial charge in [0.1, 0.15) is 5.82 Å². The fourth-order valence-corrected chi connectivity index (χ4v) is 2.33. The molecule has 1 aliphatic rings. The Kier molecular flexibility index (Phi) is 3.33. The van der Waals surface area contributed by atoms with Crippen molar-refractivity contribution < 1.29 is 17.6 Å². The Bertz CT molecular complexity index is 444. The van der Waals surface area contributed by atoms with Gasteiger partial charge in [0, 0.05) is 6.54 Å². The first-order chi connectivity index (χ1) is 8.29. The van der Waals surface area contributed by atoms with Gasteiger partial charge >= 0.3 is 6.18 Å². The lowest BCUT2D eigenvalue weighted by molar-refractivity contribution is -0.140. The lowest BCUT2D eigenvalue weighted by Crippen LogP contribution is -2.14. The van der Waals surface area contributed by atoms with E-state index in [-0.39, 0.29) is 5.92 Å². The van der Waals surface area contributed by atoms with Crippen LogP contribution in [0, 0.1) is 5.82 Å². The van der Waals surface area contributed by atoms with Gasteiger partial charge in [-0.3, -0.25) is 0 Å². The molecule has 0 bridgehead atoms. The van der Waals surface area contributed by atoms with Gasteiger partial charge in [-0.05, 0) is 37.2 Å². The second-order valence-corrected chi connectivity index (χ2v) is 4.67. The monoisotopic (exact) mass is 261 g/mol. The molecule has 0 amide bonds. The molecular weight excluding hydrogens is 248 g/mol. The van der Waals surface area contributed by atoms with E-state index in [2.05, 4.69) is 0 Å². The molecule has 100 valence electrons. The van der Waals surface area contributed by atoms with Crippen LogP contribution >= 0.6 is 0 Å². The SMILES string of the molecule is CN1C[C@@H]([NH-])[C@H](c2ccc(C(F)(F)F)c(F)c2)C1. The minimum Gasteiger partial charge on any atom is -0.673 e. The average Bonchev–Trinajstić information content (AvgIpc) is 2.55. The molecule has 1 aromatic rings. The van der Waals surface area contributed by atoms with E-state index in [0.717, 1.165) is 12.1 Å².